The Morgan fingerprint density at radius 3 is 2.68 bits per heavy atom. The first kappa shape index (κ1) is 16.7. The molecule has 2 aliphatic heterocycles. The van der Waals surface area contributed by atoms with E-state index in [1.54, 1.807) is 11.3 Å². The zero-order chi connectivity index (χ0) is 17.2. The first-order chi connectivity index (χ1) is 12.2. The summed E-state index contributed by atoms with van der Waals surface area (Å²) in [6, 6.07) is 4.06. The average molecular weight is 360 g/mol. The van der Waals surface area contributed by atoms with Gasteiger partial charge in [-0.1, -0.05) is 6.07 Å². The summed E-state index contributed by atoms with van der Waals surface area (Å²) in [5, 5.41) is 10.4. The summed E-state index contributed by atoms with van der Waals surface area (Å²) in [5.41, 5.74) is 0. The number of aromatic nitrogens is 2. The number of amides is 1. The second-order valence-electron chi connectivity index (χ2n) is 6.94. The van der Waals surface area contributed by atoms with Gasteiger partial charge in [-0.05, 0) is 57.1 Å². The van der Waals surface area contributed by atoms with Crippen LogP contribution in [0.25, 0.3) is 10.8 Å². The van der Waals surface area contributed by atoms with Crippen molar-refractivity contribution in [2.75, 3.05) is 26.2 Å². The topological polar surface area (TPSA) is 62.5 Å². The van der Waals surface area contributed by atoms with Crippen LogP contribution in [0.15, 0.2) is 21.9 Å². The van der Waals surface area contributed by atoms with Gasteiger partial charge in [0.15, 0.2) is 0 Å². The Balaban J connectivity index is 1.35. The van der Waals surface area contributed by atoms with E-state index in [4.69, 9.17) is 4.42 Å². The molecule has 0 spiro atoms. The first-order valence-electron chi connectivity index (χ1n) is 9.12. The zero-order valence-corrected chi connectivity index (χ0v) is 15.4. The van der Waals surface area contributed by atoms with Crippen LogP contribution in [0.3, 0.4) is 0 Å². The number of hydrogen-bond donors (Lipinski definition) is 0. The van der Waals surface area contributed by atoms with Crippen molar-refractivity contribution in [3.8, 4) is 10.8 Å². The maximum Gasteiger partial charge on any atom is 0.257 e. The third-order valence-corrected chi connectivity index (χ3v) is 6.23. The standard InChI is InChI=1S/C18H24N4O2S/c1-13(16-19-20-17(24-16)15-5-4-12-25-15)21-10-6-14(7-11-21)18(23)22-8-2-3-9-22/h4-5,12-14H,2-3,6-11H2,1H3. The molecule has 0 bridgehead atoms. The molecule has 0 saturated carbocycles. The molecule has 0 aliphatic carbocycles. The van der Waals surface area contributed by atoms with Gasteiger partial charge < -0.3 is 9.32 Å². The Morgan fingerprint density at radius 1 is 1.24 bits per heavy atom. The molecular formula is C18H24N4O2S. The highest BCUT2D eigenvalue weighted by molar-refractivity contribution is 7.13. The quantitative estimate of drug-likeness (QED) is 0.838. The molecule has 6 nitrogen and oxygen atoms in total. The minimum atomic E-state index is 0.0871. The van der Waals surface area contributed by atoms with Crippen LogP contribution in [0, 0.1) is 5.92 Å². The Labute approximate surface area is 151 Å². The van der Waals surface area contributed by atoms with E-state index < -0.39 is 0 Å². The number of likely N-dealkylation sites (tertiary alicyclic amines) is 2. The molecule has 0 N–H and O–H groups in total. The van der Waals surface area contributed by atoms with Crippen LogP contribution in [-0.4, -0.2) is 52.1 Å². The molecule has 134 valence electrons. The van der Waals surface area contributed by atoms with Crippen molar-refractivity contribution in [1.29, 1.82) is 0 Å². The van der Waals surface area contributed by atoms with E-state index in [0.717, 1.165) is 56.7 Å². The van der Waals surface area contributed by atoms with Crippen LogP contribution in [-0.2, 0) is 4.79 Å². The van der Waals surface area contributed by atoms with E-state index >= 15 is 0 Å². The normalized spacial score (nSPS) is 20.9. The van der Waals surface area contributed by atoms with Gasteiger partial charge in [-0.15, -0.1) is 21.5 Å². The predicted octanol–water partition coefficient (Wildman–Crippen LogP) is 3.19. The monoisotopic (exact) mass is 360 g/mol. The summed E-state index contributed by atoms with van der Waals surface area (Å²) in [4.78, 5) is 17.9. The summed E-state index contributed by atoms with van der Waals surface area (Å²) in [5.74, 6) is 1.80. The largest absolute Gasteiger partial charge is 0.418 e. The van der Waals surface area contributed by atoms with Gasteiger partial charge in [-0.25, -0.2) is 0 Å². The van der Waals surface area contributed by atoms with E-state index in [0.29, 0.717) is 17.7 Å². The minimum absolute atomic E-state index is 0.0871. The van der Waals surface area contributed by atoms with Crippen LogP contribution in [0.5, 0.6) is 0 Å². The predicted molar refractivity (Wildman–Crippen MR) is 96.1 cm³/mol. The third kappa shape index (κ3) is 3.48. The van der Waals surface area contributed by atoms with E-state index in [1.807, 2.05) is 17.5 Å². The molecule has 7 heteroatoms. The number of hydrogen-bond acceptors (Lipinski definition) is 6. The fourth-order valence-corrected chi connectivity index (χ4v) is 4.43. The molecule has 1 atom stereocenters. The smallest absolute Gasteiger partial charge is 0.257 e. The lowest BCUT2D eigenvalue weighted by Crippen LogP contribution is -2.42. The Hall–Kier alpha value is -1.73. The van der Waals surface area contributed by atoms with Crippen molar-refractivity contribution < 1.29 is 9.21 Å². The number of piperidine rings is 1. The van der Waals surface area contributed by atoms with E-state index in [-0.39, 0.29) is 12.0 Å². The molecule has 2 aromatic heterocycles. The number of thiophene rings is 1. The van der Waals surface area contributed by atoms with Crippen molar-refractivity contribution in [2.24, 2.45) is 5.92 Å². The summed E-state index contributed by atoms with van der Waals surface area (Å²) in [6.45, 7) is 5.81. The van der Waals surface area contributed by atoms with Gasteiger partial charge in [0, 0.05) is 19.0 Å². The molecule has 4 rings (SSSR count). The molecule has 2 saturated heterocycles. The average Bonchev–Trinajstić information content (AvgIpc) is 3.42. The second kappa shape index (κ2) is 7.25. The maximum atomic E-state index is 12.5. The highest BCUT2D eigenvalue weighted by Gasteiger charge is 2.32. The van der Waals surface area contributed by atoms with Crippen molar-refractivity contribution in [3.63, 3.8) is 0 Å². The molecule has 2 fully saturated rings. The van der Waals surface area contributed by atoms with Crippen molar-refractivity contribution in [3.05, 3.63) is 23.4 Å². The van der Waals surface area contributed by atoms with Gasteiger partial charge >= 0.3 is 0 Å². The van der Waals surface area contributed by atoms with E-state index in [1.165, 1.54) is 0 Å². The lowest BCUT2D eigenvalue weighted by atomic mass is 9.94. The molecule has 1 unspecified atom stereocenters. The summed E-state index contributed by atoms with van der Waals surface area (Å²) in [7, 11) is 0. The fourth-order valence-electron chi connectivity index (χ4n) is 3.79. The lowest BCUT2D eigenvalue weighted by Gasteiger charge is -2.35. The Kier molecular flexibility index (Phi) is 4.85. The minimum Gasteiger partial charge on any atom is -0.418 e. The van der Waals surface area contributed by atoms with Crippen LogP contribution in [0.2, 0.25) is 0 Å². The number of carbonyl (C=O) groups excluding carboxylic acids is 1. The molecule has 0 aromatic carbocycles. The number of rotatable bonds is 4. The Morgan fingerprint density at radius 2 is 2.00 bits per heavy atom. The van der Waals surface area contributed by atoms with Crippen LogP contribution < -0.4 is 0 Å². The molecule has 0 radical (unpaired) electrons. The molecule has 2 aliphatic rings. The lowest BCUT2D eigenvalue weighted by molar-refractivity contribution is -0.136. The molecule has 1 amide bonds. The summed E-state index contributed by atoms with van der Waals surface area (Å²) >= 11 is 1.60. The van der Waals surface area contributed by atoms with Crippen molar-refractivity contribution in [2.45, 2.75) is 38.6 Å². The zero-order valence-electron chi connectivity index (χ0n) is 14.6. The Bertz CT molecular complexity index is 700. The summed E-state index contributed by atoms with van der Waals surface area (Å²) < 4.78 is 5.87. The van der Waals surface area contributed by atoms with E-state index in [9.17, 15) is 4.79 Å². The van der Waals surface area contributed by atoms with Gasteiger partial charge in [0.25, 0.3) is 5.89 Å². The molecule has 25 heavy (non-hydrogen) atoms. The van der Waals surface area contributed by atoms with Crippen molar-refractivity contribution >= 4 is 17.2 Å². The second-order valence-corrected chi connectivity index (χ2v) is 7.89. The third-order valence-electron chi connectivity index (χ3n) is 5.37. The van der Waals surface area contributed by atoms with Gasteiger partial charge in [0.05, 0.1) is 10.9 Å². The highest BCUT2D eigenvalue weighted by atomic mass is 32.1. The SMILES string of the molecule is CC(c1nnc(-c2cccs2)o1)N1CCC(C(=O)N2CCCC2)CC1. The highest BCUT2D eigenvalue weighted by Crippen LogP contribution is 2.30. The van der Waals surface area contributed by atoms with Crippen LogP contribution >= 0.6 is 11.3 Å². The summed E-state index contributed by atoms with van der Waals surface area (Å²) in [6.07, 6.45) is 4.16. The molecular weight excluding hydrogens is 336 g/mol. The molecule has 2 aromatic rings. The van der Waals surface area contributed by atoms with Crippen molar-refractivity contribution in [1.82, 2.24) is 20.0 Å². The van der Waals surface area contributed by atoms with Gasteiger partial charge in [-0.2, -0.15) is 0 Å². The van der Waals surface area contributed by atoms with Gasteiger partial charge in [0.2, 0.25) is 11.8 Å². The maximum absolute atomic E-state index is 12.5. The first-order valence-corrected chi connectivity index (χ1v) is 10.0. The fraction of sp³-hybridized carbons (Fsp3) is 0.611. The number of nitrogens with zero attached hydrogens (tertiary/aromatic N) is 4. The van der Waals surface area contributed by atoms with Gasteiger partial charge in [0.1, 0.15) is 0 Å². The van der Waals surface area contributed by atoms with Crippen LogP contribution in [0.4, 0.5) is 0 Å². The number of carbonyl (C=O) groups is 1. The molecule has 4 heterocycles. The van der Waals surface area contributed by atoms with E-state index in [2.05, 4.69) is 26.9 Å². The van der Waals surface area contributed by atoms with Gasteiger partial charge in [-0.3, -0.25) is 9.69 Å². The van der Waals surface area contributed by atoms with Crippen LogP contribution in [0.1, 0.15) is 44.5 Å².